The van der Waals surface area contributed by atoms with Gasteiger partial charge in [-0.05, 0) is 37.1 Å². The number of carbonyl (C=O) groups is 1. The molecule has 5 heteroatoms. The van der Waals surface area contributed by atoms with Gasteiger partial charge < -0.3 is 15.7 Å². The standard InChI is InChI=1S/C16H22N2O2S/c19-14-9-11-3-1-2-4-13(11)16(14)18-15(20)10-21-12-5-7-17-8-6-12/h1-4,12,14,16-17,19H,5-10H2,(H,18,20)/t14-,16+/m0/s1. The first-order chi connectivity index (χ1) is 10.2. The van der Waals surface area contributed by atoms with Crippen molar-refractivity contribution in [3.05, 3.63) is 35.4 Å². The molecular formula is C16H22N2O2S. The lowest BCUT2D eigenvalue weighted by Gasteiger charge is -2.23. The molecule has 3 N–H and O–H groups in total. The number of benzene rings is 1. The van der Waals surface area contributed by atoms with E-state index in [0.717, 1.165) is 37.1 Å². The van der Waals surface area contributed by atoms with E-state index in [1.54, 1.807) is 11.8 Å². The lowest BCUT2D eigenvalue weighted by Crippen LogP contribution is -2.36. The van der Waals surface area contributed by atoms with Crippen molar-refractivity contribution in [3.8, 4) is 0 Å². The number of rotatable bonds is 4. The van der Waals surface area contributed by atoms with Crippen LogP contribution >= 0.6 is 11.8 Å². The van der Waals surface area contributed by atoms with Crippen LogP contribution in [0.2, 0.25) is 0 Å². The molecule has 1 aromatic rings. The van der Waals surface area contributed by atoms with Gasteiger partial charge in [-0.25, -0.2) is 0 Å². The Morgan fingerprint density at radius 2 is 2.10 bits per heavy atom. The van der Waals surface area contributed by atoms with E-state index in [1.165, 1.54) is 0 Å². The van der Waals surface area contributed by atoms with Crippen LogP contribution in [0.5, 0.6) is 0 Å². The lowest BCUT2D eigenvalue weighted by molar-refractivity contribution is -0.120. The van der Waals surface area contributed by atoms with Gasteiger partial charge in [0.15, 0.2) is 0 Å². The van der Waals surface area contributed by atoms with Gasteiger partial charge in [-0.15, -0.1) is 11.8 Å². The van der Waals surface area contributed by atoms with Crippen LogP contribution < -0.4 is 10.6 Å². The molecule has 1 aliphatic carbocycles. The average Bonchev–Trinajstić information content (AvgIpc) is 2.82. The Morgan fingerprint density at radius 1 is 1.33 bits per heavy atom. The van der Waals surface area contributed by atoms with Gasteiger partial charge in [-0.2, -0.15) is 0 Å². The fourth-order valence-electron chi connectivity index (χ4n) is 3.12. The van der Waals surface area contributed by atoms with Crippen molar-refractivity contribution in [2.24, 2.45) is 0 Å². The highest BCUT2D eigenvalue weighted by molar-refractivity contribution is 8.00. The van der Waals surface area contributed by atoms with Crippen LogP contribution in [-0.2, 0) is 11.2 Å². The normalized spacial score (nSPS) is 25.6. The maximum Gasteiger partial charge on any atom is 0.230 e. The highest BCUT2D eigenvalue weighted by atomic mass is 32.2. The molecule has 21 heavy (non-hydrogen) atoms. The van der Waals surface area contributed by atoms with Crippen molar-refractivity contribution < 1.29 is 9.90 Å². The quantitative estimate of drug-likeness (QED) is 0.783. The smallest absolute Gasteiger partial charge is 0.230 e. The summed E-state index contributed by atoms with van der Waals surface area (Å²) in [6.07, 6.45) is 2.39. The van der Waals surface area contributed by atoms with Crippen LogP contribution in [0.3, 0.4) is 0 Å². The van der Waals surface area contributed by atoms with Crippen molar-refractivity contribution in [1.29, 1.82) is 0 Å². The van der Waals surface area contributed by atoms with E-state index >= 15 is 0 Å². The average molecular weight is 306 g/mol. The summed E-state index contributed by atoms with van der Waals surface area (Å²) >= 11 is 1.74. The summed E-state index contributed by atoms with van der Waals surface area (Å²) in [5.41, 5.74) is 2.20. The first kappa shape index (κ1) is 14.9. The first-order valence-corrected chi connectivity index (χ1v) is 8.66. The van der Waals surface area contributed by atoms with Crippen LogP contribution in [0.25, 0.3) is 0 Å². The van der Waals surface area contributed by atoms with Gasteiger partial charge in [0.2, 0.25) is 5.91 Å². The van der Waals surface area contributed by atoms with Crippen LogP contribution in [0.4, 0.5) is 0 Å². The topological polar surface area (TPSA) is 61.4 Å². The second-order valence-electron chi connectivity index (χ2n) is 5.78. The second-order valence-corrected chi connectivity index (χ2v) is 7.06. The van der Waals surface area contributed by atoms with E-state index in [-0.39, 0.29) is 11.9 Å². The van der Waals surface area contributed by atoms with Gasteiger partial charge in [0.1, 0.15) is 0 Å². The lowest BCUT2D eigenvalue weighted by atomic mass is 10.1. The fraction of sp³-hybridized carbons (Fsp3) is 0.562. The summed E-state index contributed by atoms with van der Waals surface area (Å²) in [6.45, 7) is 2.10. The zero-order valence-electron chi connectivity index (χ0n) is 12.0. The highest BCUT2D eigenvalue weighted by Crippen LogP contribution is 2.31. The predicted molar refractivity (Wildman–Crippen MR) is 85.4 cm³/mol. The van der Waals surface area contributed by atoms with Crippen molar-refractivity contribution in [3.63, 3.8) is 0 Å². The zero-order valence-corrected chi connectivity index (χ0v) is 12.9. The largest absolute Gasteiger partial charge is 0.390 e. The molecule has 3 rings (SSSR count). The highest BCUT2D eigenvalue weighted by Gasteiger charge is 2.31. The Kier molecular flexibility index (Phi) is 4.83. The van der Waals surface area contributed by atoms with Gasteiger partial charge in [0.25, 0.3) is 0 Å². The summed E-state index contributed by atoms with van der Waals surface area (Å²) in [4.78, 5) is 12.1. The van der Waals surface area contributed by atoms with Gasteiger partial charge >= 0.3 is 0 Å². The molecule has 0 radical (unpaired) electrons. The fourth-order valence-corrected chi connectivity index (χ4v) is 4.16. The van der Waals surface area contributed by atoms with E-state index in [4.69, 9.17) is 0 Å². The van der Waals surface area contributed by atoms with Crippen molar-refractivity contribution >= 4 is 17.7 Å². The maximum absolute atomic E-state index is 12.1. The van der Waals surface area contributed by atoms with Crippen molar-refractivity contribution in [2.75, 3.05) is 18.8 Å². The van der Waals surface area contributed by atoms with Gasteiger partial charge in [-0.1, -0.05) is 24.3 Å². The third-order valence-corrected chi connectivity index (χ3v) is 5.63. The van der Waals surface area contributed by atoms with Crippen molar-refractivity contribution in [2.45, 2.75) is 36.7 Å². The third-order valence-electron chi connectivity index (χ3n) is 4.26. The Hall–Kier alpha value is -1.04. The summed E-state index contributed by atoms with van der Waals surface area (Å²) < 4.78 is 0. The molecule has 0 saturated carbocycles. The molecule has 2 aliphatic rings. The molecule has 1 amide bonds. The van der Waals surface area contributed by atoms with Crippen LogP contribution in [0.1, 0.15) is 30.0 Å². The third kappa shape index (κ3) is 3.59. The minimum atomic E-state index is -0.504. The SMILES string of the molecule is O=C(CSC1CCNCC1)N[C@@H]1c2ccccc2C[C@@H]1O. The Labute approximate surface area is 129 Å². The Bertz CT molecular complexity index is 503. The number of aliphatic hydroxyl groups excluding tert-OH is 1. The summed E-state index contributed by atoms with van der Waals surface area (Å²) in [6, 6.07) is 7.70. The van der Waals surface area contributed by atoms with E-state index in [0.29, 0.717) is 17.4 Å². The van der Waals surface area contributed by atoms with E-state index in [2.05, 4.69) is 10.6 Å². The number of hydrogen-bond acceptors (Lipinski definition) is 4. The Balaban J connectivity index is 1.52. The van der Waals surface area contributed by atoms with E-state index in [1.807, 2.05) is 24.3 Å². The van der Waals surface area contributed by atoms with Crippen LogP contribution in [-0.4, -0.2) is 41.2 Å². The van der Waals surface area contributed by atoms with E-state index < -0.39 is 6.10 Å². The van der Waals surface area contributed by atoms with E-state index in [9.17, 15) is 9.90 Å². The zero-order chi connectivity index (χ0) is 14.7. The Morgan fingerprint density at radius 3 is 2.90 bits per heavy atom. The predicted octanol–water partition coefficient (Wildman–Crippen LogP) is 1.25. The van der Waals surface area contributed by atoms with Gasteiger partial charge in [-0.3, -0.25) is 4.79 Å². The molecule has 2 atom stereocenters. The van der Waals surface area contributed by atoms with Crippen molar-refractivity contribution in [1.82, 2.24) is 10.6 Å². The van der Waals surface area contributed by atoms with Gasteiger partial charge in [0.05, 0.1) is 17.9 Å². The summed E-state index contributed by atoms with van der Waals surface area (Å²) in [5, 5.41) is 17.1. The molecule has 1 aliphatic heterocycles. The molecule has 0 bridgehead atoms. The molecular weight excluding hydrogens is 284 g/mol. The number of aliphatic hydroxyl groups is 1. The molecule has 114 valence electrons. The number of fused-ring (bicyclic) bond motifs is 1. The number of thioether (sulfide) groups is 1. The molecule has 1 heterocycles. The molecule has 1 aromatic carbocycles. The molecule has 1 saturated heterocycles. The monoisotopic (exact) mass is 306 g/mol. The molecule has 0 unspecified atom stereocenters. The second kappa shape index (κ2) is 6.81. The number of amides is 1. The maximum atomic E-state index is 12.1. The van der Waals surface area contributed by atoms with Gasteiger partial charge in [0, 0.05) is 11.7 Å². The molecule has 0 spiro atoms. The molecule has 1 fully saturated rings. The molecule has 4 nitrogen and oxygen atoms in total. The molecule has 0 aromatic heterocycles. The number of piperidine rings is 1. The minimum Gasteiger partial charge on any atom is -0.390 e. The minimum absolute atomic E-state index is 0.0271. The number of nitrogens with one attached hydrogen (secondary N) is 2. The number of carbonyl (C=O) groups excluding carboxylic acids is 1. The summed E-state index contributed by atoms with van der Waals surface area (Å²) in [7, 11) is 0. The summed E-state index contributed by atoms with van der Waals surface area (Å²) in [5.74, 6) is 0.509. The first-order valence-electron chi connectivity index (χ1n) is 7.61. The van der Waals surface area contributed by atoms with Crippen LogP contribution in [0.15, 0.2) is 24.3 Å². The number of hydrogen-bond donors (Lipinski definition) is 3. The van der Waals surface area contributed by atoms with Crippen LogP contribution in [0, 0.1) is 0 Å².